The van der Waals surface area contributed by atoms with Crippen LogP contribution in [0.4, 0.5) is 10.1 Å². The molecule has 0 aliphatic carbocycles. The van der Waals surface area contributed by atoms with Gasteiger partial charge >= 0.3 is 0 Å². The van der Waals surface area contributed by atoms with E-state index in [1.54, 1.807) is 12.1 Å². The second kappa shape index (κ2) is 9.01. The molecule has 1 saturated heterocycles. The van der Waals surface area contributed by atoms with Gasteiger partial charge in [0.25, 0.3) is 0 Å². The molecule has 138 valence electrons. The van der Waals surface area contributed by atoms with Gasteiger partial charge in [0.2, 0.25) is 5.91 Å². The highest BCUT2D eigenvalue weighted by Gasteiger charge is 2.17. The third kappa shape index (κ3) is 5.44. The standard InChI is InChI=1S/C20H23ClFN3O/c21-17-4-6-19(7-5-17)25-12-10-24(11-13-25)9-8-20(26)23-15-16-2-1-3-18(22)14-16/h1-7,14H,8-13,15H2,(H,23,26). The zero-order chi connectivity index (χ0) is 18.4. The zero-order valence-corrected chi connectivity index (χ0v) is 15.4. The largest absolute Gasteiger partial charge is 0.369 e. The van der Waals surface area contributed by atoms with Gasteiger partial charge in [-0.3, -0.25) is 9.69 Å². The van der Waals surface area contributed by atoms with Crippen molar-refractivity contribution >= 4 is 23.2 Å². The van der Waals surface area contributed by atoms with Gasteiger partial charge in [-0.1, -0.05) is 23.7 Å². The Bertz CT molecular complexity index is 730. The second-order valence-corrected chi connectivity index (χ2v) is 6.90. The van der Waals surface area contributed by atoms with Crippen LogP contribution in [0.15, 0.2) is 48.5 Å². The second-order valence-electron chi connectivity index (χ2n) is 6.46. The van der Waals surface area contributed by atoms with Crippen molar-refractivity contribution in [3.63, 3.8) is 0 Å². The highest BCUT2D eigenvalue weighted by molar-refractivity contribution is 6.30. The van der Waals surface area contributed by atoms with Crippen molar-refractivity contribution in [1.29, 1.82) is 0 Å². The Hall–Kier alpha value is -2.11. The van der Waals surface area contributed by atoms with Crippen LogP contribution < -0.4 is 10.2 Å². The van der Waals surface area contributed by atoms with Crippen molar-refractivity contribution in [1.82, 2.24) is 10.2 Å². The highest BCUT2D eigenvalue weighted by Crippen LogP contribution is 2.19. The lowest BCUT2D eigenvalue weighted by atomic mass is 10.2. The fraction of sp³-hybridized carbons (Fsp3) is 0.350. The van der Waals surface area contributed by atoms with Gasteiger partial charge in [-0.25, -0.2) is 4.39 Å². The Balaban J connectivity index is 1.36. The van der Waals surface area contributed by atoms with Crippen LogP contribution in [0.2, 0.25) is 5.02 Å². The number of anilines is 1. The van der Waals surface area contributed by atoms with E-state index < -0.39 is 0 Å². The summed E-state index contributed by atoms with van der Waals surface area (Å²) in [5.74, 6) is -0.287. The minimum Gasteiger partial charge on any atom is -0.369 e. The van der Waals surface area contributed by atoms with E-state index in [1.807, 2.05) is 24.3 Å². The molecule has 4 nitrogen and oxygen atoms in total. The molecule has 2 aromatic rings. The maximum atomic E-state index is 13.1. The molecular formula is C20H23ClFN3O. The molecule has 0 radical (unpaired) electrons. The van der Waals surface area contributed by atoms with E-state index in [0.717, 1.165) is 43.3 Å². The Labute approximate surface area is 158 Å². The number of nitrogens with zero attached hydrogens (tertiary/aromatic N) is 2. The molecule has 0 saturated carbocycles. The van der Waals surface area contributed by atoms with Gasteiger partial charge in [0, 0.05) is 56.4 Å². The minimum absolute atomic E-state index is 0.00519. The summed E-state index contributed by atoms with van der Waals surface area (Å²) in [5.41, 5.74) is 1.96. The molecule has 2 aromatic carbocycles. The van der Waals surface area contributed by atoms with Gasteiger partial charge in [0.15, 0.2) is 0 Å². The quantitative estimate of drug-likeness (QED) is 0.841. The van der Waals surface area contributed by atoms with Crippen molar-refractivity contribution in [2.45, 2.75) is 13.0 Å². The molecular weight excluding hydrogens is 353 g/mol. The van der Waals surface area contributed by atoms with Gasteiger partial charge in [-0.15, -0.1) is 0 Å². The fourth-order valence-corrected chi connectivity index (χ4v) is 3.20. The number of carbonyl (C=O) groups excluding carboxylic acids is 1. The van der Waals surface area contributed by atoms with Crippen molar-refractivity contribution in [3.05, 3.63) is 64.9 Å². The lowest BCUT2D eigenvalue weighted by Gasteiger charge is -2.36. The summed E-state index contributed by atoms with van der Waals surface area (Å²) in [6.07, 6.45) is 0.455. The van der Waals surface area contributed by atoms with E-state index in [-0.39, 0.29) is 11.7 Å². The predicted octanol–water partition coefficient (Wildman–Crippen LogP) is 3.31. The summed E-state index contributed by atoms with van der Waals surface area (Å²) in [5, 5.41) is 3.60. The molecule has 1 amide bonds. The van der Waals surface area contributed by atoms with Crippen LogP contribution in [0, 0.1) is 5.82 Å². The maximum absolute atomic E-state index is 13.1. The van der Waals surface area contributed by atoms with E-state index >= 15 is 0 Å². The number of benzene rings is 2. The molecule has 0 bridgehead atoms. The van der Waals surface area contributed by atoms with Crippen LogP contribution >= 0.6 is 11.6 Å². The van der Waals surface area contributed by atoms with Gasteiger partial charge in [0.1, 0.15) is 5.82 Å². The molecule has 3 rings (SSSR count). The molecule has 0 spiro atoms. The van der Waals surface area contributed by atoms with Crippen LogP contribution in [0.1, 0.15) is 12.0 Å². The first kappa shape index (κ1) is 18.7. The van der Waals surface area contributed by atoms with E-state index in [4.69, 9.17) is 11.6 Å². The van der Waals surface area contributed by atoms with Gasteiger partial charge in [-0.2, -0.15) is 0 Å². The third-order valence-corrected chi connectivity index (χ3v) is 4.85. The number of hydrogen-bond donors (Lipinski definition) is 1. The Kier molecular flexibility index (Phi) is 6.47. The molecule has 0 atom stereocenters. The molecule has 1 fully saturated rings. The minimum atomic E-state index is -0.282. The van der Waals surface area contributed by atoms with Crippen LogP contribution in [0.5, 0.6) is 0 Å². The molecule has 1 aliphatic heterocycles. The Morgan fingerprint density at radius 2 is 1.81 bits per heavy atom. The van der Waals surface area contributed by atoms with Crippen LogP contribution in [0.3, 0.4) is 0 Å². The summed E-state index contributed by atoms with van der Waals surface area (Å²) in [6.45, 7) is 4.84. The predicted molar refractivity (Wildman–Crippen MR) is 103 cm³/mol. The van der Waals surface area contributed by atoms with Crippen molar-refractivity contribution in [2.24, 2.45) is 0 Å². The maximum Gasteiger partial charge on any atom is 0.221 e. The monoisotopic (exact) mass is 375 g/mol. The molecule has 26 heavy (non-hydrogen) atoms. The van der Waals surface area contributed by atoms with E-state index in [1.165, 1.54) is 17.8 Å². The van der Waals surface area contributed by atoms with E-state index in [2.05, 4.69) is 15.1 Å². The van der Waals surface area contributed by atoms with Gasteiger partial charge in [0.05, 0.1) is 0 Å². The average molecular weight is 376 g/mol. The summed E-state index contributed by atoms with van der Waals surface area (Å²) < 4.78 is 13.1. The molecule has 1 aliphatic rings. The lowest BCUT2D eigenvalue weighted by molar-refractivity contribution is -0.121. The lowest BCUT2D eigenvalue weighted by Crippen LogP contribution is -2.47. The summed E-state index contributed by atoms with van der Waals surface area (Å²) >= 11 is 5.93. The summed E-state index contributed by atoms with van der Waals surface area (Å²) in [6, 6.07) is 14.2. The Morgan fingerprint density at radius 1 is 1.08 bits per heavy atom. The van der Waals surface area contributed by atoms with Gasteiger partial charge in [-0.05, 0) is 42.0 Å². The number of halogens is 2. The number of amides is 1. The van der Waals surface area contributed by atoms with E-state index in [9.17, 15) is 9.18 Å². The SMILES string of the molecule is O=C(CCN1CCN(c2ccc(Cl)cc2)CC1)NCc1cccc(F)c1. The molecule has 1 heterocycles. The van der Waals surface area contributed by atoms with Crippen LogP contribution in [0.25, 0.3) is 0 Å². The first-order valence-electron chi connectivity index (χ1n) is 8.84. The van der Waals surface area contributed by atoms with Crippen LogP contribution in [-0.4, -0.2) is 43.5 Å². The first-order chi connectivity index (χ1) is 12.6. The van der Waals surface area contributed by atoms with Crippen molar-refractivity contribution in [2.75, 3.05) is 37.6 Å². The number of piperazine rings is 1. The highest BCUT2D eigenvalue weighted by atomic mass is 35.5. The van der Waals surface area contributed by atoms with Crippen LogP contribution in [-0.2, 0) is 11.3 Å². The number of hydrogen-bond acceptors (Lipinski definition) is 3. The molecule has 0 aromatic heterocycles. The smallest absolute Gasteiger partial charge is 0.221 e. The number of carbonyl (C=O) groups is 1. The van der Waals surface area contributed by atoms with Crippen molar-refractivity contribution in [3.8, 4) is 0 Å². The molecule has 6 heteroatoms. The molecule has 1 N–H and O–H groups in total. The average Bonchev–Trinajstić information content (AvgIpc) is 2.66. The molecule has 0 unspecified atom stereocenters. The third-order valence-electron chi connectivity index (χ3n) is 4.60. The first-order valence-corrected chi connectivity index (χ1v) is 9.22. The normalized spacial score (nSPS) is 15.1. The fourth-order valence-electron chi connectivity index (χ4n) is 3.08. The van der Waals surface area contributed by atoms with E-state index in [0.29, 0.717) is 13.0 Å². The topological polar surface area (TPSA) is 35.6 Å². The summed E-state index contributed by atoms with van der Waals surface area (Å²) in [4.78, 5) is 16.6. The number of nitrogens with one attached hydrogen (secondary N) is 1. The Morgan fingerprint density at radius 3 is 2.50 bits per heavy atom. The summed E-state index contributed by atoms with van der Waals surface area (Å²) in [7, 11) is 0. The number of rotatable bonds is 6. The van der Waals surface area contributed by atoms with Crippen molar-refractivity contribution < 1.29 is 9.18 Å². The zero-order valence-electron chi connectivity index (χ0n) is 14.6. The van der Waals surface area contributed by atoms with Gasteiger partial charge < -0.3 is 10.2 Å².